The lowest BCUT2D eigenvalue weighted by molar-refractivity contribution is 0.249. The maximum absolute atomic E-state index is 8.15. The van der Waals surface area contributed by atoms with Gasteiger partial charge in [0.2, 0.25) is 0 Å². The van der Waals surface area contributed by atoms with Gasteiger partial charge in [0.25, 0.3) is 0 Å². The highest BCUT2D eigenvalue weighted by molar-refractivity contribution is 4.43. The zero-order valence-corrected chi connectivity index (χ0v) is 4.89. The number of hydrogen-bond donors (Lipinski definition) is 1. The van der Waals surface area contributed by atoms with E-state index in [1.54, 1.807) is 0 Å². The molecule has 7 heavy (non-hydrogen) atoms. The number of aliphatic hydroxyl groups excluding tert-OH is 1. The molecule has 0 rings (SSSR count). The predicted octanol–water partition coefficient (Wildman–Crippen LogP) is 0.197. The van der Waals surface area contributed by atoms with E-state index in [0.717, 1.165) is 6.54 Å². The molecule has 0 aromatic heterocycles. The van der Waals surface area contributed by atoms with Gasteiger partial charge in [-0.05, 0) is 5.92 Å². The third kappa shape index (κ3) is 5.92. The van der Waals surface area contributed by atoms with Crippen molar-refractivity contribution in [3.05, 3.63) is 0 Å². The summed E-state index contributed by atoms with van der Waals surface area (Å²) in [4.78, 5) is 0. The van der Waals surface area contributed by atoms with Crippen molar-refractivity contribution < 1.29 is 5.11 Å². The Bertz CT molecular complexity index is 37.1. The molecule has 43 valence electrons. The molecule has 0 fully saturated rings. The summed E-state index contributed by atoms with van der Waals surface area (Å²) < 4.78 is 0. The first-order chi connectivity index (χ1) is 3.27. The van der Waals surface area contributed by atoms with E-state index in [2.05, 4.69) is 19.2 Å². The molecule has 0 saturated carbocycles. The maximum Gasteiger partial charge on any atom is 0.109 e. The van der Waals surface area contributed by atoms with E-state index in [4.69, 9.17) is 5.11 Å². The summed E-state index contributed by atoms with van der Waals surface area (Å²) in [5.41, 5.74) is 0. The first-order valence-electron chi connectivity index (χ1n) is 2.51. The van der Waals surface area contributed by atoms with Crippen LogP contribution >= 0.6 is 0 Å². The summed E-state index contributed by atoms with van der Waals surface area (Å²) in [5, 5.41) is 11.9. The van der Waals surface area contributed by atoms with Crippen LogP contribution in [0.2, 0.25) is 0 Å². The van der Waals surface area contributed by atoms with Gasteiger partial charge in [-0.1, -0.05) is 13.8 Å². The Labute approximate surface area is 44.5 Å². The molecule has 0 bridgehead atoms. The van der Waals surface area contributed by atoms with Gasteiger partial charge in [-0.25, -0.2) is 5.32 Å². The second-order valence-electron chi connectivity index (χ2n) is 1.94. The summed E-state index contributed by atoms with van der Waals surface area (Å²) in [5.74, 6) is 0.576. The summed E-state index contributed by atoms with van der Waals surface area (Å²) in [6.45, 7) is 4.88. The fourth-order valence-electron chi connectivity index (χ4n) is 0.316. The Morgan fingerprint density at radius 1 is 1.57 bits per heavy atom. The number of hydrogen-bond acceptors (Lipinski definition) is 1. The lowest BCUT2D eigenvalue weighted by Gasteiger charge is -1.99. The maximum atomic E-state index is 8.15. The van der Waals surface area contributed by atoms with Crippen molar-refractivity contribution in [3.8, 4) is 0 Å². The highest BCUT2D eigenvalue weighted by Crippen LogP contribution is 1.85. The number of nitrogens with zero attached hydrogens (tertiary/aromatic N) is 1. The Hall–Kier alpha value is -0.0800. The van der Waals surface area contributed by atoms with Crippen LogP contribution in [-0.4, -0.2) is 18.4 Å². The van der Waals surface area contributed by atoms with E-state index in [1.165, 1.54) is 0 Å². The van der Waals surface area contributed by atoms with Gasteiger partial charge >= 0.3 is 0 Å². The standard InChI is InChI=1S/C5H12NO/c1-5(2)3-6-4-7/h5,7H,3-4H2,1-2H3. The van der Waals surface area contributed by atoms with E-state index in [1.807, 2.05) is 0 Å². The lowest BCUT2D eigenvalue weighted by Crippen LogP contribution is -2.12. The molecular weight excluding hydrogens is 90.1 g/mol. The largest absolute Gasteiger partial charge is 0.380 e. The molecule has 0 saturated heterocycles. The molecular formula is C5H12NO. The Balaban J connectivity index is 2.68. The van der Waals surface area contributed by atoms with Crippen molar-refractivity contribution in [2.75, 3.05) is 13.3 Å². The Kier molecular flexibility index (Phi) is 4.04. The third-order valence-corrected chi connectivity index (χ3v) is 0.594. The minimum atomic E-state index is -0.0296. The molecule has 0 unspecified atom stereocenters. The van der Waals surface area contributed by atoms with Crippen molar-refractivity contribution in [3.63, 3.8) is 0 Å². The molecule has 0 amide bonds. The lowest BCUT2D eigenvalue weighted by atomic mass is 10.2. The molecule has 0 aliphatic carbocycles. The van der Waals surface area contributed by atoms with Crippen LogP contribution in [0.15, 0.2) is 0 Å². The molecule has 0 heterocycles. The second-order valence-corrected chi connectivity index (χ2v) is 1.94. The summed E-state index contributed by atoms with van der Waals surface area (Å²) in [7, 11) is 0. The van der Waals surface area contributed by atoms with Gasteiger partial charge in [-0.3, -0.25) is 0 Å². The van der Waals surface area contributed by atoms with Crippen LogP contribution in [0.1, 0.15) is 13.8 Å². The van der Waals surface area contributed by atoms with Crippen molar-refractivity contribution in [2.24, 2.45) is 5.92 Å². The summed E-state index contributed by atoms with van der Waals surface area (Å²) in [6.07, 6.45) is 0. The Morgan fingerprint density at radius 2 is 2.14 bits per heavy atom. The molecule has 1 radical (unpaired) electrons. The van der Waals surface area contributed by atoms with Gasteiger partial charge in [0.1, 0.15) is 6.73 Å². The van der Waals surface area contributed by atoms with Crippen LogP contribution < -0.4 is 5.32 Å². The molecule has 0 spiro atoms. The monoisotopic (exact) mass is 102 g/mol. The molecule has 0 aromatic rings. The molecule has 2 nitrogen and oxygen atoms in total. The van der Waals surface area contributed by atoms with E-state index < -0.39 is 0 Å². The third-order valence-electron chi connectivity index (χ3n) is 0.594. The highest BCUT2D eigenvalue weighted by atomic mass is 16.3. The minimum absolute atomic E-state index is 0.0296. The number of aliphatic hydroxyl groups is 1. The van der Waals surface area contributed by atoms with Gasteiger partial charge in [0.05, 0.1) is 0 Å². The van der Waals surface area contributed by atoms with E-state index in [-0.39, 0.29) is 6.73 Å². The van der Waals surface area contributed by atoms with Crippen molar-refractivity contribution >= 4 is 0 Å². The van der Waals surface area contributed by atoms with Crippen LogP contribution in [0, 0.1) is 5.92 Å². The smallest absolute Gasteiger partial charge is 0.109 e. The van der Waals surface area contributed by atoms with Crippen LogP contribution in [0.3, 0.4) is 0 Å². The minimum Gasteiger partial charge on any atom is -0.380 e. The van der Waals surface area contributed by atoms with Crippen molar-refractivity contribution in [1.82, 2.24) is 5.32 Å². The fourth-order valence-corrected chi connectivity index (χ4v) is 0.316. The summed E-state index contributed by atoms with van der Waals surface area (Å²) >= 11 is 0. The normalized spacial score (nSPS) is 10.3. The van der Waals surface area contributed by atoms with Gasteiger partial charge in [0.15, 0.2) is 0 Å². The fraction of sp³-hybridized carbons (Fsp3) is 1.00. The highest BCUT2D eigenvalue weighted by Gasteiger charge is 1.89. The first kappa shape index (κ1) is 6.92. The van der Waals surface area contributed by atoms with Crippen LogP contribution in [0.4, 0.5) is 0 Å². The molecule has 0 aromatic carbocycles. The molecule has 1 N–H and O–H groups in total. The van der Waals surface area contributed by atoms with Crippen LogP contribution in [0.25, 0.3) is 0 Å². The zero-order valence-electron chi connectivity index (χ0n) is 4.89. The van der Waals surface area contributed by atoms with E-state index in [0.29, 0.717) is 5.92 Å². The summed E-state index contributed by atoms with van der Waals surface area (Å²) in [6, 6.07) is 0. The van der Waals surface area contributed by atoms with Gasteiger partial charge in [0, 0.05) is 6.54 Å². The van der Waals surface area contributed by atoms with Gasteiger partial charge < -0.3 is 5.11 Å². The molecule has 0 aliphatic heterocycles. The average molecular weight is 102 g/mol. The van der Waals surface area contributed by atoms with Crippen molar-refractivity contribution in [1.29, 1.82) is 0 Å². The van der Waals surface area contributed by atoms with Crippen molar-refractivity contribution in [2.45, 2.75) is 13.8 Å². The molecule has 2 heteroatoms. The SMILES string of the molecule is CC(C)C[N]CO. The first-order valence-corrected chi connectivity index (χ1v) is 2.51. The van der Waals surface area contributed by atoms with Crippen LogP contribution in [-0.2, 0) is 0 Å². The topological polar surface area (TPSA) is 34.3 Å². The van der Waals surface area contributed by atoms with Crippen LogP contribution in [0.5, 0.6) is 0 Å². The number of rotatable bonds is 3. The van der Waals surface area contributed by atoms with Gasteiger partial charge in [-0.15, -0.1) is 0 Å². The molecule has 0 aliphatic rings. The van der Waals surface area contributed by atoms with Gasteiger partial charge in [-0.2, -0.15) is 0 Å². The average Bonchev–Trinajstić information content (AvgIpc) is 1.61. The predicted molar refractivity (Wildman–Crippen MR) is 28.9 cm³/mol. The zero-order chi connectivity index (χ0) is 5.70. The van der Waals surface area contributed by atoms with E-state index in [9.17, 15) is 0 Å². The Morgan fingerprint density at radius 3 is 2.29 bits per heavy atom. The second kappa shape index (κ2) is 4.09. The van der Waals surface area contributed by atoms with E-state index >= 15 is 0 Å². The quantitative estimate of drug-likeness (QED) is 0.542. The molecule has 0 atom stereocenters.